The van der Waals surface area contributed by atoms with Gasteiger partial charge in [0.25, 0.3) is 0 Å². The Labute approximate surface area is 110 Å². The normalized spacial score (nSPS) is 14.8. The van der Waals surface area contributed by atoms with Gasteiger partial charge in [0.1, 0.15) is 0 Å². The van der Waals surface area contributed by atoms with E-state index in [0.717, 1.165) is 25.1 Å². The van der Waals surface area contributed by atoms with E-state index in [4.69, 9.17) is 5.11 Å². The molecule has 0 saturated carbocycles. The minimum atomic E-state index is 0.268. The molecule has 4 nitrogen and oxygen atoms in total. The maximum absolute atomic E-state index is 8.93. The van der Waals surface area contributed by atoms with Gasteiger partial charge < -0.3 is 10.4 Å². The lowest BCUT2D eigenvalue weighted by molar-refractivity contribution is 0.257. The van der Waals surface area contributed by atoms with Crippen molar-refractivity contribution in [1.82, 2.24) is 15.1 Å². The first kappa shape index (κ1) is 15.2. The second-order valence-electron chi connectivity index (χ2n) is 5.19. The van der Waals surface area contributed by atoms with Crippen molar-refractivity contribution in [3.05, 3.63) is 17.0 Å². The highest BCUT2D eigenvalue weighted by molar-refractivity contribution is 5.28. The lowest BCUT2D eigenvalue weighted by Crippen LogP contribution is -2.27. The van der Waals surface area contributed by atoms with E-state index < -0.39 is 0 Å². The monoisotopic (exact) mass is 253 g/mol. The highest BCUT2D eigenvalue weighted by atomic mass is 16.3. The molecule has 0 aliphatic carbocycles. The Morgan fingerprint density at radius 1 is 1.39 bits per heavy atom. The van der Waals surface area contributed by atoms with Crippen LogP contribution in [0.25, 0.3) is 0 Å². The molecule has 0 amide bonds. The van der Waals surface area contributed by atoms with Crippen molar-refractivity contribution < 1.29 is 5.11 Å². The molecule has 0 bridgehead atoms. The Morgan fingerprint density at radius 3 is 2.50 bits per heavy atom. The molecule has 18 heavy (non-hydrogen) atoms. The first-order valence-corrected chi connectivity index (χ1v) is 6.85. The van der Waals surface area contributed by atoms with Gasteiger partial charge >= 0.3 is 0 Å². The summed E-state index contributed by atoms with van der Waals surface area (Å²) in [6, 6.07) is 0.361. The van der Waals surface area contributed by atoms with E-state index in [1.165, 1.54) is 11.3 Å². The number of hydrogen-bond acceptors (Lipinski definition) is 3. The summed E-state index contributed by atoms with van der Waals surface area (Å²) in [6.45, 7) is 9.76. The van der Waals surface area contributed by atoms with Crippen molar-refractivity contribution in [1.29, 1.82) is 0 Å². The Kier molecular flexibility index (Phi) is 5.82. The van der Waals surface area contributed by atoms with Crippen LogP contribution < -0.4 is 5.32 Å². The van der Waals surface area contributed by atoms with Crippen LogP contribution in [0.2, 0.25) is 0 Å². The molecular formula is C14H27N3O. The number of rotatable bonds is 7. The van der Waals surface area contributed by atoms with Gasteiger partial charge in [-0.2, -0.15) is 5.10 Å². The summed E-state index contributed by atoms with van der Waals surface area (Å²) in [6.07, 6.45) is 1.91. The average Bonchev–Trinajstić information content (AvgIpc) is 2.56. The molecule has 0 aliphatic rings. The summed E-state index contributed by atoms with van der Waals surface area (Å²) in [5, 5.41) is 17.0. The van der Waals surface area contributed by atoms with Crippen molar-refractivity contribution in [2.24, 2.45) is 13.0 Å². The summed E-state index contributed by atoms with van der Waals surface area (Å²) >= 11 is 0. The molecule has 2 unspecified atom stereocenters. The Morgan fingerprint density at radius 2 is 2.06 bits per heavy atom. The standard InChI is InChI=1S/C14H27N3O/c1-6-13(15-9-10(2)7-8-18)14-11(3)16-17(5)12(14)4/h10,13,15,18H,6-9H2,1-5H3. The molecule has 2 N–H and O–H groups in total. The number of aryl methyl sites for hydroxylation is 2. The fourth-order valence-corrected chi connectivity index (χ4v) is 2.41. The van der Waals surface area contributed by atoms with Crippen LogP contribution in [0.15, 0.2) is 0 Å². The average molecular weight is 253 g/mol. The second-order valence-corrected chi connectivity index (χ2v) is 5.19. The molecule has 1 aromatic heterocycles. The minimum Gasteiger partial charge on any atom is -0.396 e. The SMILES string of the molecule is CCC(NCC(C)CCO)c1c(C)nn(C)c1C. The third kappa shape index (κ3) is 3.56. The Bertz CT molecular complexity index is 373. The topological polar surface area (TPSA) is 50.1 Å². The van der Waals surface area contributed by atoms with Gasteiger partial charge in [0.15, 0.2) is 0 Å². The zero-order chi connectivity index (χ0) is 13.7. The van der Waals surface area contributed by atoms with E-state index in [2.05, 4.69) is 38.1 Å². The predicted molar refractivity (Wildman–Crippen MR) is 74.6 cm³/mol. The van der Waals surface area contributed by atoms with Gasteiger partial charge in [-0.05, 0) is 39.2 Å². The third-order valence-electron chi connectivity index (χ3n) is 3.66. The largest absolute Gasteiger partial charge is 0.396 e. The predicted octanol–water partition coefficient (Wildman–Crippen LogP) is 2.10. The van der Waals surface area contributed by atoms with Crippen LogP contribution in [-0.2, 0) is 7.05 Å². The smallest absolute Gasteiger partial charge is 0.0644 e. The molecule has 1 rings (SSSR count). The van der Waals surface area contributed by atoms with Gasteiger partial charge in [-0.15, -0.1) is 0 Å². The van der Waals surface area contributed by atoms with Crippen molar-refractivity contribution in [3.8, 4) is 0 Å². The van der Waals surface area contributed by atoms with E-state index in [1.807, 2.05) is 11.7 Å². The molecule has 1 aromatic rings. The maximum atomic E-state index is 8.93. The third-order valence-corrected chi connectivity index (χ3v) is 3.66. The van der Waals surface area contributed by atoms with Crippen LogP contribution in [0.5, 0.6) is 0 Å². The fraction of sp³-hybridized carbons (Fsp3) is 0.786. The molecule has 104 valence electrons. The van der Waals surface area contributed by atoms with Gasteiger partial charge in [-0.3, -0.25) is 4.68 Å². The highest BCUT2D eigenvalue weighted by Crippen LogP contribution is 2.23. The summed E-state index contributed by atoms with van der Waals surface area (Å²) < 4.78 is 1.95. The number of nitrogens with one attached hydrogen (secondary N) is 1. The van der Waals surface area contributed by atoms with Crippen molar-refractivity contribution in [2.45, 2.75) is 46.6 Å². The molecule has 4 heteroatoms. The second kappa shape index (κ2) is 6.90. The summed E-state index contributed by atoms with van der Waals surface area (Å²) in [7, 11) is 1.99. The number of aliphatic hydroxyl groups excluding tert-OH is 1. The van der Waals surface area contributed by atoms with Crippen LogP contribution >= 0.6 is 0 Å². The number of hydrogen-bond donors (Lipinski definition) is 2. The molecule has 0 spiro atoms. The van der Waals surface area contributed by atoms with Crippen LogP contribution in [0, 0.1) is 19.8 Å². The first-order chi connectivity index (χ1) is 8.51. The van der Waals surface area contributed by atoms with E-state index in [0.29, 0.717) is 12.0 Å². The Balaban J connectivity index is 2.71. The zero-order valence-corrected chi connectivity index (χ0v) is 12.3. The van der Waals surface area contributed by atoms with E-state index >= 15 is 0 Å². The van der Waals surface area contributed by atoms with Crippen molar-refractivity contribution >= 4 is 0 Å². The first-order valence-electron chi connectivity index (χ1n) is 6.85. The molecular weight excluding hydrogens is 226 g/mol. The van der Waals surface area contributed by atoms with Gasteiger partial charge in [0, 0.05) is 31.0 Å². The van der Waals surface area contributed by atoms with E-state index in [9.17, 15) is 0 Å². The zero-order valence-electron chi connectivity index (χ0n) is 12.3. The Hall–Kier alpha value is -0.870. The maximum Gasteiger partial charge on any atom is 0.0644 e. The van der Waals surface area contributed by atoms with Gasteiger partial charge in [0.2, 0.25) is 0 Å². The summed E-state index contributed by atoms with van der Waals surface area (Å²) in [5.41, 5.74) is 3.68. The summed E-state index contributed by atoms with van der Waals surface area (Å²) in [5.74, 6) is 0.501. The van der Waals surface area contributed by atoms with Crippen LogP contribution in [0.4, 0.5) is 0 Å². The van der Waals surface area contributed by atoms with Gasteiger partial charge in [-0.1, -0.05) is 13.8 Å². The molecule has 0 fully saturated rings. The molecule has 0 radical (unpaired) electrons. The lowest BCUT2D eigenvalue weighted by Gasteiger charge is -2.20. The molecule has 1 heterocycles. The van der Waals surface area contributed by atoms with Crippen molar-refractivity contribution in [2.75, 3.05) is 13.2 Å². The van der Waals surface area contributed by atoms with E-state index in [-0.39, 0.29) is 6.61 Å². The lowest BCUT2D eigenvalue weighted by atomic mass is 10.0. The molecule has 0 saturated heterocycles. The van der Waals surface area contributed by atoms with E-state index in [1.54, 1.807) is 0 Å². The molecule has 2 atom stereocenters. The van der Waals surface area contributed by atoms with Gasteiger partial charge in [0.05, 0.1) is 5.69 Å². The number of nitrogens with zero attached hydrogens (tertiary/aromatic N) is 2. The number of aliphatic hydroxyl groups is 1. The fourth-order valence-electron chi connectivity index (χ4n) is 2.41. The van der Waals surface area contributed by atoms with Crippen LogP contribution in [0.3, 0.4) is 0 Å². The number of aromatic nitrogens is 2. The highest BCUT2D eigenvalue weighted by Gasteiger charge is 2.18. The van der Waals surface area contributed by atoms with Gasteiger partial charge in [-0.25, -0.2) is 0 Å². The molecule has 0 aliphatic heterocycles. The summed E-state index contributed by atoms with van der Waals surface area (Å²) in [4.78, 5) is 0. The van der Waals surface area contributed by atoms with Crippen LogP contribution in [-0.4, -0.2) is 28.0 Å². The van der Waals surface area contributed by atoms with Crippen LogP contribution in [0.1, 0.15) is 49.7 Å². The quantitative estimate of drug-likeness (QED) is 0.782. The minimum absolute atomic E-state index is 0.268. The molecule has 0 aromatic carbocycles. The van der Waals surface area contributed by atoms with Crippen molar-refractivity contribution in [3.63, 3.8) is 0 Å².